The number of morpholine rings is 3. The van der Waals surface area contributed by atoms with Crippen molar-refractivity contribution < 1.29 is 85.3 Å². The fraction of sp³-hybridized carbons (Fsp3) is 0.417. The number of rotatable bonds is 26. The molecule has 6 aliphatic heterocycles. The molecule has 0 amide bonds. The van der Waals surface area contributed by atoms with E-state index in [9.17, 15) is 52.2 Å². The van der Waals surface area contributed by atoms with Gasteiger partial charge in [0.1, 0.15) is 18.1 Å². The van der Waals surface area contributed by atoms with Crippen molar-refractivity contribution in [2.75, 3.05) is 93.1 Å². The molecule has 3 aromatic carbocycles. The lowest BCUT2D eigenvalue weighted by Gasteiger charge is -2.41. The maximum Gasteiger partial charge on any atom is 0.338 e. The van der Waals surface area contributed by atoms with Crippen molar-refractivity contribution in [3.8, 4) is 0 Å². The van der Waals surface area contributed by atoms with E-state index in [0.717, 1.165) is 12.1 Å². The van der Waals surface area contributed by atoms with Gasteiger partial charge in [0.25, 0.3) is 6.47 Å². The maximum atomic E-state index is 14.9. The summed E-state index contributed by atoms with van der Waals surface area (Å²) in [5.74, 6) is -6.75. The van der Waals surface area contributed by atoms with Gasteiger partial charge in [-0.2, -0.15) is 0 Å². The zero-order chi connectivity index (χ0) is 78.0. The summed E-state index contributed by atoms with van der Waals surface area (Å²) < 4.78 is 80.4. The first kappa shape index (κ1) is 83.2. The van der Waals surface area contributed by atoms with E-state index in [1.807, 2.05) is 29.5 Å². The van der Waals surface area contributed by atoms with Crippen LogP contribution < -0.4 is 16.0 Å². The molecule has 5 N–H and O–H groups in total. The number of halogens is 7. The van der Waals surface area contributed by atoms with Gasteiger partial charge < -0.3 is 59.3 Å². The molecule has 582 valence electrons. The van der Waals surface area contributed by atoms with Crippen LogP contribution >= 0.6 is 80.4 Å². The standard InChI is InChI=1S/C25H28Cl2N4O5S.C24H26Cl2N4O5S.C23H23F3N4O5S/c1-3-35-25(34)21-18(13-31-9-10-36-14(2)19(31)6-7-20(32)33)29-23(24-28-8-11-37-24)30-22(21)16-5-4-15(26)12-17(16)27;1-13-18(5-6-19(31)32)30(8-9-35-13)12-17-20(24(33)34-2)21(15-4-3-14(25)11-16(15)26)29-22(28-17)23-27-7-10-36-23;1-33-23(32)17-16(11-30-6-8-35-13(10-30)4-7-34-12-31)28-21(22-27-5-9-36-22)29-20(17)14-2-3-15(24)19(26)18(14)25/h4-5,8,11-12,14,19,22H,3,6-7,9-10,13H2,1-2H3,(H,29,30)(H,32,33);3-4,7,10-11,13,18,21H,5-6,8-9,12H2,1-2H3,(H,28,29)(H,31,32);2-3,5,9,12-13,20H,4,6-8,10-11H2,1H3,(H,28,29)/t14-,19-,22-;13-,18-,21-;13-,20+/m001/s1. The average Bonchev–Trinajstić information content (AvgIpc) is 1.47. The van der Waals surface area contributed by atoms with Crippen molar-refractivity contribution in [1.82, 2.24) is 45.6 Å². The monoisotopic (exact) mass is 1640 g/mol. The number of carboxylic acids is 2. The highest BCUT2D eigenvalue weighted by Crippen LogP contribution is 2.42. The molecule has 109 heavy (non-hydrogen) atoms. The number of esters is 3. The highest BCUT2D eigenvalue weighted by molar-refractivity contribution is 7.12. The number of carbonyl (C=O) groups is 6. The molecule has 3 saturated heterocycles. The van der Waals surface area contributed by atoms with Crippen LogP contribution in [0.15, 0.2) is 132 Å². The molecule has 6 aromatic rings. The molecule has 27 nitrogen and oxygen atoms in total. The Morgan fingerprint density at radius 1 is 0.587 bits per heavy atom. The molecule has 6 aliphatic rings. The number of hydrogen-bond donors (Lipinski definition) is 5. The second kappa shape index (κ2) is 39.6. The van der Waals surface area contributed by atoms with Crippen LogP contribution in [0.1, 0.15) is 103 Å². The Morgan fingerprint density at radius 3 is 1.43 bits per heavy atom. The Bertz CT molecular complexity index is 4450. The van der Waals surface area contributed by atoms with E-state index < -0.39 is 65.4 Å². The molecule has 37 heteroatoms. The number of amidine groups is 3. The largest absolute Gasteiger partial charge is 0.481 e. The van der Waals surface area contributed by atoms with Crippen molar-refractivity contribution >= 4 is 134 Å². The van der Waals surface area contributed by atoms with Gasteiger partial charge in [-0.25, -0.2) is 42.5 Å². The topological polar surface area (TPSA) is 329 Å². The molecule has 8 atom stereocenters. The summed E-state index contributed by atoms with van der Waals surface area (Å²) >= 11 is 29.5. The quantitative estimate of drug-likeness (QED) is 0.0111. The summed E-state index contributed by atoms with van der Waals surface area (Å²) in [6, 6.07) is 8.87. The summed E-state index contributed by atoms with van der Waals surface area (Å²) in [7, 11) is 2.49. The fourth-order valence-electron chi connectivity index (χ4n) is 13.1. The summed E-state index contributed by atoms with van der Waals surface area (Å²) in [5.41, 5.74) is 3.08. The molecule has 0 bridgehead atoms. The van der Waals surface area contributed by atoms with Gasteiger partial charge in [0, 0.05) is 166 Å². The Balaban J connectivity index is 0.000000174. The molecule has 0 saturated carbocycles. The van der Waals surface area contributed by atoms with Gasteiger partial charge in [0.15, 0.2) is 50.0 Å². The first-order valence-corrected chi connectivity index (χ1v) is 38.5. The van der Waals surface area contributed by atoms with Crippen molar-refractivity contribution in [3.63, 3.8) is 0 Å². The van der Waals surface area contributed by atoms with Gasteiger partial charge in [0.2, 0.25) is 0 Å². The summed E-state index contributed by atoms with van der Waals surface area (Å²) in [4.78, 5) is 106. The lowest BCUT2D eigenvalue weighted by Crippen LogP contribution is -2.52. The number of nitrogens with zero attached hydrogens (tertiary/aromatic N) is 9. The maximum absolute atomic E-state index is 14.9. The van der Waals surface area contributed by atoms with Crippen LogP contribution in [0.5, 0.6) is 0 Å². The third-order valence-electron chi connectivity index (χ3n) is 18.3. The third kappa shape index (κ3) is 21.2. The molecule has 0 aliphatic carbocycles. The zero-order valence-corrected chi connectivity index (χ0v) is 64.9. The number of methoxy groups -OCH3 is 2. The van der Waals surface area contributed by atoms with E-state index in [2.05, 4.69) is 45.7 Å². The second-order valence-electron chi connectivity index (χ2n) is 25.1. The van der Waals surface area contributed by atoms with Gasteiger partial charge in [-0.15, -0.1) is 34.0 Å². The highest BCUT2D eigenvalue weighted by atomic mass is 35.5. The minimum absolute atomic E-state index is 0.0139. The molecular weight excluding hydrogens is 1570 g/mol. The Kier molecular flexibility index (Phi) is 30.2. The van der Waals surface area contributed by atoms with Gasteiger partial charge >= 0.3 is 29.8 Å². The molecule has 3 fully saturated rings. The normalized spacial score (nSPS) is 21.9. The van der Waals surface area contributed by atoms with Crippen LogP contribution in [0.25, 0.3) is 0 Å². The van der Waals surface area contributed by atoms with E-state index in [1.165, 1.54) is 48.2 Å². The first-order chi connectivity index (χ1) is 52.5. The number of thiazole rings is 3. The molecular formula is C72H77Cl4F3N12O15S3. The first-order valence-electron chi connectivity index (χ1n) is 34.3. The van der Waals surface area contributed by atoms with Crippen LogP contribution in [-0.4, -0.2) is 217 Å². The molecule has 0 unspecified atom stereocenters. The molecule has 0 spiro atoms. The smallest absolute Gasteiger partial charge is 0.338 e. The molecule has 9 heterocycles. The number of ether oxygens (including phenoxy) is 7. The van der Waals surface area contributed by atoms with Crippen LogP contribution in [0, 0.1) is 17.5 Å². The van der Waals surface area contributed by atoms with E-state index in [1.54, 1.807) is 67.3 Å². The predicted molar refractivity (Wildman–Crippen MR) is 403 cm³/mol. The van der Waals surface area contributed by atoms with Crippen LogP contribution in [0.2, 0.25) is 20.1 Å². The SMILES string of the molecule is CCOC(=O)C1=C(CN2CCO[C@@H](C)[C@@H]2CCC(=O)O)NC(c2nccs2)=N[C@H]1c1ccc(Cl)cc1Cl.COC(=O)C1=C(CN2CCO[C@@H](C)[C@@H]2CCC(=O)O)NC(c2nccs2)=N[C@H]1c1ccc(Cl)cc1Cl.COC(=O)C1=C(CN2CCO[C@H](CCOC=O)C2)NC(c2nccs2)=N[C@H]1c1ccc(F)c(F)c1F. The lowest BCUT2D eigenvalue weighted by molar-refractivity contribution is -0.139. The Hall–Kier alpha value is -8.29. The summed E-state index contributed by atoms with van der Waals surface area (Å²) in [6.45, 7) is 10.8. The average molecular weight is 1650 g/mol. The number of aliphatic carboxylic acids is 2. The minimum atomic E-state index is -1.66. The highest BCUT2D eigenvalue weighted by Gasteiger charge is 2.41. The molecule has 0 radical (unpaired) electrons. The Morgan fingerprint density at radius 2 is 1.02 bits per heavy atom. The van der Waals surface area contributed by atoms with Gasteiger partial charge in [0.05, 0.1) is 82.3 Å². The number of benzene rings is 3. The number of aliphatic imine (C=N–C) groups is 3. The fourth-order valence-corrected chi connectivity index (χ4v) is 15.9. The zero-order valence-electron chi connectivity index (χ0n) is 59.4. The lowest BCUT2D eigenvalue weighted by atomic mass is 9.94. The van der Waals surface area contributed by atoms with E-state index >= 15 is 0 Å². The van der Waals surface area contributed by atoms with Crippen molar-refractivity contribution in [3.05, 3.63) is 186 Å². The number of hydrogen-bond acceptors (Lipinski definition) is 28. The van der Waals surface area contributed by atoms with Gasteiger partial charge in [-0.1, -0.05) is 64.6 Å². The number of aromatic nitrogens is 3. The molecule has 12 rings (SSSR count). The summed E-state index contributed by atoms with van der Waals surface area (Å²) in [5, 5.41) is 37.2. The number of carbonyl (C=O) groups excluding carboxylic acids is 4. The second-order valence-corrected chi connectivity index (χ2v) is 29.5. The Labute approximate surface area is 656 Å². The number of carboxylic acid groups (broad SMARTS) is 2. The van der Waals surface area contributed by atoms with E-state index in [-0.39, 0.29) is 80.0 Å². The minimum Gasteiger partial charge on any atom is -0.481 e. The van der Waals surface area contributed by atoms with Crippen molar-refractivity contribution in [1.29, 1.82) is 0 Å². The van der Waals surface area contributed by atoms with Gasteiger partial charge in [-0.05, 0) is 63.9 Å². The predicted octanol–water partition coefficient (Wildman–Crippen LogP) is 10.6. The van der Waals surface area contributed by atoms with Crippen LogP contribution in [0.4, 0.5) is 13.2 Å². The summed E-state index contributed by atoms with van der Waals surface area (Å²) in [6.07, 6.45) is 5.72. The van der Waals surface area contributed by atoms with Crippen LogP contribution in [-0.2, 0) is 61.9 Å². The van der Waals surface area contributed by atoms with Crippen molar-refractivity contribution in [2.24, 2.45) is 15.0 Å². The third-order valence-corrected chi connectivity index (χ3v) is 21.7. The van der Waals surface area contributed by atoms with E-state index in [4.69, 9.17) is 89.5 Å². The van der Waals surface area contributed by atoms with Crippen molar-refractivity contribution in [2.45, 2.75) is 101 Å². The van der Waals surface area contributed by atoms with E-state index in [0.29, 0.717) is 171 Å². The number of nitrogens with one attached hydrogen (secondary N) is 3. The van der Waals surface area contributed by atoms with Gasteiger partial charge in [-0.3, -0.25) is 44.1 Å². The molecule has 3 aromatic heterocycles. The van der Waals surface area contributed by atoms with Crippen LogP contribution in [0.3, 0.4) is 0 Å².